The van der Waals surface area contributed by atoms with E-state index in [1.165, 1.54) is 28.8 Å². The average Bonchev–Trinajstić information content (AvgIpc) is 3.23. The van der Waals surface area contributed by atoms with E-state index in [0.717, 1.165) is 5.56 Å². The fraction of sp³-hybridized carbons (Fsp3) is 0.269. The van der Waals surface area contributed by atoms with Crippen molar-refractivity contribution in [2.75, 3.05) is 17.6 Å². The number of hydrogen-bond donors (Lipinski definition) is 4. The molecule has 0 unspecified atom stereocenters. The van der Waals surface area contributed by atoms with Crippen molar-refractivity contribution in [3.05, 3.63) is 77.3 Å². The number of fused-ring (bicyclic) bond motifs is 1. The van der Waals surface area contributed by atoms with Gasteiger partial charge < -0.3 is 26.2 Å². The Labute approximate surface area is 222 Å². The maximum Gasteiger partial charge on any atom is 0.352 e. The molecule has 5 rings (SSSR count). The number of aliphatic carboxylic acids is 1. The molecule has 3 amide bonds. The number of aromatic nitrogens is 1. The summed E-state index contributed by atoms with van der Waals surface area (Å²) in [6, 6.07) is 9.15. The number of hydrogen-bond acceptors (Lipinski definition) is 7. The van der Waals surface area contributed by atoms with Crippen molar-refractivity contribution in [1.29, 1.82) is 0 Å². The molecule has 38 heavy (non-hydrogen) atoms. The van der Waals surface area contributed by atoms with Crippen molar-refractivity contribution in [2.24, 2.45) is 5.73 Å². The molecule has 0 spiro atoms. The molecule has 5 N–H and O–H groups in total. The number of carbonyl (C=O) groups excluding carboxylic acids is 3. The number of thioether (sulfide) groups is 1. The fourth-order valence-electron chi connectivity index (χ4n) is 4.71. The highest BCUT2D eigenvalue weighted by atomic mass is 32.2. The van der Waals surface area contributed by atoms with Gasteiger partial charge >= 0.3 is 5.97 Å². The molecule has 0 aliphatic carbocycles. The van der Waals surface area contributed by atoms with Crippen LogP contribution in [0.25, 0.3) is 0 Å². The maximum atomic E-state index is 13.1. The number of allylic oxidation sites excluding steroid dienone is 1. The monoisotopic (exact) mass is 536 g/mol. The highest BCUT2D eigenvalue weighted by molar-refractivity contribution is 8.00. The minimum atomic E-state index is -1.21. The number of likely N-dealkylation sites (tertiary alicyclic amines) is 1. The van der Waals surface area contributed by atoms with Gasteiger partial charge in [0.2, 0.25) is 18.4 Å². The minimum Gasteiger partial charge on any atom is -0.508 e. The summed E-state index contributed by atoms with van der Waals surface area (Å²) in [5, 5.41) is 21.5. The quantitative estimate of drug-likeness (QED) is 0.173. The van der Waals surface area contributed by atoms with Gasteiger partial charge in [0.05, 0.1) is 6.54 Å². The van der Waals surface area contributed by atoms with Crippen LogP contribution in [0.5, 0.6) is 5.75 Å². The number of anilines is 1. The van der Waals surface area contributed by atoms with E-state index in [1.807, 2.05) is 6.07 Å². The van der Waals surface area contributed by atoms with Crippen LogP contribution in [0.15, 0.2) is 71.7 Å². The average molecular weight is 537 g/mol. The van der Waals surface area contributed by atoms with Gasteiger partial charge in [-0.15, -0.1) is 11.8 Å². The van der Waals surface area contributed by atoms with Crippen LogP contribution >= 0.6 is 11.8 Å². The lowest BCUT2D eigenvalue weighted by Gasteiger charge is -2.47. The van der Waals surface area contributed by atoms with E-state index in [0.29, 0.717) is 42.1 Å². The van der Waals surface area contributed by atoms with Crippen molar-refractivity contribution in [3.63, 3.8) is 0 Å². The molecule has 3 aliphatic heterocycles. The summed E-state index contributed by atoms with van der Waals surface area (Å²) < 4.78 is 1.72. The molecular weight excluding hydrogens is 510 g/mol. The lowest BCUT2D eigenvalue weighted by molar-refractivity contribution is -0.684. The number of nitrogens with one attached hydrogen (secondary N) is 1. The van der Waals surface area contributed by atoms with E-state index < -0.39 is 17.9 Å². The molecule has 11 nitrogen and oxygen atoms in total. The summed E-state index contributed by atoms with van der Waals surface area (Å²) in [7, 11) is 0. The molecule has 3 aliphatic rings. The Morgan fingerprint density at radius 1 is 1.21 bits per heavy atom. The molecular formula is C26H26N5O6S+. The molecule has 0 bridgehead atoms. The second-order valence-electron chi connectivity index (χ2n) is 9.24. The summed E-state index contributed by atoms with van der Waals surface area (Å²) in [6.45, 7) is 0.870. The molecule has 2 saturated heterocycles. The Morgan fingerprint density at radius 3 is 2.71 bits per heavy atom. The van der Waals surface area contributed by atoms with Gasteiger partial charge in [-0.25, -0.2) is 4.79 Å². The number of carbonyl (C=O) groups is 4. The number of rotatable bonds is 7. The van der Waals surface area contributed by atoms with Crippen LogP contribution in [0.2, 0.25) is 0 Å². The summed E-state index contributed by atoms with van der Waals surface area (Å²) in [4.78, 5) is 52.5. The number of phenolic OH excluding ortho intramolecular Hbond substituents is 1. The second kappa shape index (κ2) is 10.3. The number of nitrogens with zero attached hydrogens (tertiary/aromatic N) is 3. The molecule has 4 heterocycles. The second-order valence-corrected chi connectivity index (χ2v) is 10.3. The predicted octanol–water partition coefficient (Wildman–Crippen LogP) is 0.558. The van der Waals surface area contributed by atoms with E-state index in [9.17, 15) is 29.4 Å². The Hall–Kier alpha value is -4.16. The standard InChI is InChI=1S/C26H25N5O6S/c27-21-24(35)31-22(26(36)37)17(14-38-25(21)31)10-16-7-9-30(23(16)34)12-15-2-1-8-29(11-15)13-20(33)28-18-3-5-19(32)6-4-18/h1-6,8,10-11,21,25H,7,9,12-14,27H2,(H2-,28,32,33,36,37)/p+1/b16-10+/t21-,25-/m1/s1. The molecule has 2 atom stereocenters. The number of phenols is 1. The van der Waals surface area contributed by atoms with Gasteiger partial charge in [0.15, 0.2) is 12.4 Å². The van der Waals surface area contributed by atoms with E-state index in [2.05, 4.69) is 5.32 Å². The van der Waals surface area contributed by atoms with Crippen molar-refractivity contribution < 1.29 is 34.0 Å². The van der Waals surface area contributed by atoms with Gasteiger partial charge in [-0.2, -0.15) is 4.57 Å². The third-order valence-electron chi connectivity index (χ3n) is 6.57. The van der Waals surface area contributed by atoms with Crippen molar-refractivity contribution in [3.8, 4) is 5.75 Å². The van der Waals surface area contributed by atoms with Gasteiger partial charge in [-0.3, -0.25) is 19.3 Å². The molecule has 1 aromatic carbocycles. The highest BCUT2D eigenvalue weighted by Crippen LogP contribution is 2.40. The van der Waals surface area contributed by atoms with Crippen molar-refractivity contribution in [1.82, 2.24) is 9.80 Å². The first-order valence-electron chi connectivity index (χ1n) is 11.9. The Balaban J connectivity index is 1.25. The normalized spacial score (nSPS) is 22.0. The number of nitrogens with two attached hydrogens (primary N) is 1. The largest absolute Gasteiger partial charge is 0.508 e. The number of benzene rings is 1. The van der Waals surface area contributed by atoms with Crippen LogP contribution < -0.4 is 15.6 Å². The van der Waals surface area contributed by atoms with Gasteiger partial charge in [-0.05, 0) is 48.4 Å². The van der Waals surface area contributed by atoms with Gasteiger partial charge in [0, 0.05) is 35.2 Å². The molecule has 2 fully saturated rings. The zero-order chi connectivity index (χ0) is 27.0. The van der Waals surface area contributed by atoms with Crippen LogP contribution in [0.3, 0.4) is 0 Å². The number of carboxylic acids is 1. The third-order valence-corrected chi connectivity index (χ3v) is 7.90. The first kappa shape index (κ1) is 25.5. The van der Waals surface area contributed by atoms with Crippen LogP contribution in [-0.4, -0.2) is 67.4 Å². The molecule has 1 aromatic heterocycles. The molecule has 0 saturated carbocycles. The third kappa shape index (κ3) is 5.00. The van der Waals surface area contributed by atoms with Crippen LogP contribution in [0.4, 0.5) is 5.69 Å². The highest BCUT2D eigenvalue weighted by Gasteiger charge is 2.51. The first-order valence-corrected chi connectivity index (χ1v) is 13.0. The van der Waals surface area contributed by atoms with Gasteiger partial charge in [-0.1, -0.05) is 0 Å². The number of amides is 3. The Morgan fingerprint density at radius 2 is 1.97 bits per heavy atom. The number of aromatic hydroxyl groups is 1. The maximum absolute atomic E-state index is 13.1. The summed E-state index contributed by atoms with van der Waals surface area (Å²) >= 11 is 1.39. The zero-order valence-corrected chi connectivity index (χ0v) is 21.1. The molecule has 12 heteroatoms. The lowest BCUT2D eigenvalue weighted by Crippen LogP contribution is -2.68. The predicted molar refractivity (Wildman–Crippen MR) is 137 cm³/mol. The molecule has 196 valence electrons. The van der Waals surface area contributed by atoms with E-state index in [1.54, 1.807) is 46.1 Å². The van der Waals surface area contributed by atoms with E-state index in [-0.39, 0.29) is 35.2 Å². The van der Waals surface area contributed by atoms with Crippen LogP contribution in [0.1, 0.15) is 12.0 Å². The number of pyridine rings is 1. The Bertz CT molecular complexity index is 1390. The van der Waals surface area contributed by atoms with E-state index >= 15 is 0 Å². The minimum absolute atomic E-state index is 0.0669. The van der Waals surface area contributed by atoms with Crippen molar-refractivity contribution >= 4 is 41.1 Å². The summed E-state index contributed by atoms with van der Waals surface area (Å²) in [6.07, 6.45) is 5.62. The zero-order valence-electron chi connectivity index (χ0n) is 20.2. The topological polar surface area (TPSA) is 157 Å². The Kier molecular flexibility index (Phi) is 6.91. The first-order chi connectivity index (χ1) is 18.2. The van der Waals surface area contributed by atoms with Gasteiger partial charge in [0.1, 0.15) is 22.9 Å². The van der Waals surface area contributed by atoms with Gasteiger partial charge in [0.25, 0.3) is 5.91 Å². The van der Waals surface area contributed by atoms with Crippen molar-refractivity contribution in [2.45, 2.75) is 30.9 Å². The summed E-state index contributed by atoms with van der Waals surface area (Å²) in [5.41, 5.74) is 8.03. The molecule has 0 radical (unpaired) electrons. The van der Waals surface area contributed by atoms with E-state index in [4.69, 9.17) is 5.73 Å². The smallest absolute Gasteiger partial charge is 0.352 e. The SMILES string of the molecule is N[C@@H]1C(=O)N2C(C(=O)O)=C(/C=C3\CCN(Cc4ccc[n+](CC(=O)Nc5ccc(O)cc5)c4)C3=O)CS[C@H]12. The lowest BCUT2D eigenvalue weighted by atomic mass is 10.0. The number of carboxylic acid groups (broad SMARTS) is 1. The molecule has 2 aromatic rings. The summed E-state index contributed by atoms with van der Waals surface area (Å²) in [5.74, 6) is -1.61. The number of β-lactam (4-membered cyclic amide) rings is 1. The fourth-order valence-corrected chi connectivity index (χ4v) is 5.96. The van der Waals surface area contributed by atoms with Crippen LogP contribution in [0, 0.1) is 0 Å². The van der Waals surface area contributed by atoms with Crippen LogP contribution in [-0.2, 0) is 32.3 Å².